The van der Waals surface area contributed by atoms with Crippen molar-refractivity contribution in [3.8, 4) is 11.8 Å². The number of rotatable bonds is 2. The zero-order chi connectivity index (χ0) is 7.23. The average Bonchev–Trinajstić information content (AvgIpc) is 2.41. The minimum atomic E-state index is 0.765. The maximum atomic E-state index is 3.41. The molecular weight excluding hydrogens is 122 g/mol. The molecule has 1 heteroatoms. The van der Waals surface area contributed by atoms with Crippen molar-refractivity contribution >= 4 is 0 Å². The van der Waals surface area contributed by atoms with Crippen molar-refractivity contribution in [3.63, 3.8) is 0 Å². The maximum Gasteiger partial charge on any atom is 0.0578 e. The summed E-state index contributed by atoms with van der Waals surface area (Å²) in [5.41, 5.74) is 0. The van der Waals surface area contributed by atoms with Crippen molar-refractivity contribution in [2.45, 2.75) is 38.6 Å². The first kappa shape index (κ1) is 7.63. The fourth-order valence-electron chi connectivity index (χ4n) is 1.41. The highest BCUT2D eigenvalue weighted by Gasteiger charge is 2.12. The summed E-state index contributed by atoms with van der Waals surface area (Å²) in [6.07, 6.45) is 5.51. The highest BCUT2D eigenvalue weighted by Crippen LogP contribution is 2.16. The molecule has 0 atom stereocenters. The first-order valence-corrected chi connectivity index (χ1v) is 4.06. The number of hydrogen-bond acceptors (Lipinski definition) is 1. The van der Waals surface area contributed by atoms with Gasteiger partial charge in [0, 0.05) is 6.04 Å². The van der Waals surface area contributed by atoms with Gasteiger partial charge in [0.15, 0.2) is 0 Å². The van der Waals surface area contributed by atoms with Crippen LogP contribution in [-0.4, -0.2) is 12.6 Å². The van der Waals surface area contributed by atoms with Gasteiger partial charge in [-0.1, -0.05) is 18.8 Å². The van der Waals surface area contributed by atoms with Gasteiger partial charge in [-0.15, -0.1) is 5.92 Å². The summed E-state index contributed by atoms with van der Waals surface area (Å²) in [7, 11) is 0. The Morgan fingerprint density at radius 3 is 2.70 bits per heavy atom. The molecule has 10 heavy (non-hydrogen) atoms. The third-order valence-corrected chi connectivity index (χ3v) is 2.01. The summed E-state index contributed by atoms with van der Waals surface area (Å²) in [6.45, 7) is 2.76. The second-order valence-electron chi connectivity index (χ2n) is 2.79. The summed E-state index contributed by atoms with van der Waals surface area (Å²) < 4.78 is 0. The lowest BCUT2D eigenvalue weighted by molar-refractivity contribution is 0.561. The first-order chi connectivity index (χ1) is 4.93. The van der Waals surface area contributed by atoms with E-state index in [2.05, 4.69) is 17.2 Å². The summed E-state index contributed by atoms with van der Waals surface area (Å²) in [5, 5.41) is 3.41. The van der Waals surface area contributed by atoms with Gasteiger partial charge in [-0.3, -0.25) is 0 Å². The highest BCUT2D eigenvalue weighted by atomic mass is 14.9. The molecule has 1 saturated carbocycles. The van der Waals surface area contributed by atoms with Crippen LogP contribution in [0.2, 0.25) is 0 Å². The van der Waals surface area contributed by atoms with Crippen LogP contribution in [0, 0.1) is 11.8 Å². The molecule has 0 saturated heterocycles. The normalized spacial score (nSPS) is 18.5. The van der Waals surface area contributed by atoms with E-state index in [1.807, 2.05) is 6.92 Å². The van der Waals surface area contributed by atoms with Gasteiger partial charge in [0.1, 0.15) is 0 Å². The summed E-state index contributed by atoms with van der Waals surface area (Å²) in [5.74, 6) is 5.89. The van der Waals surface area contributed by atoms with Gasteiger partial charge in [-0.2, -0.15) is 0 Å². The van der Waals surface area contributed by atoms with Crippen molar-refractivity contribution in [2.75, 3.05) is 6.54 Å². The molecule has 1 N–H and O–H groups in total. The predicted octanol–water partition coefficient (Wildman–Crippen LogP) is 1.54. The monoisotopic (exact) mass is 137 g/mol. The molecule has 0 aliphatic heterocycles. The summed E-state index contributed by atoms with van der Waals surface area (Å²) >= 11 is 0. The fourth-order valence-corrected chi connectivity index (χ4v) is 1.41. The van der Waals surface area contributed by atoms with Gasteiger partial charge < -0.3 is 5.32 Å². The van der Waals surface area contributed by atoms with Gasteiger partial charge in [-0.25, -0.2) is 0 Å². The van der Waals surface area contributed by atoms with Crippen molar-refractivity contribution in [2.24, 2.45) is 0 Å². The molecule has 0 amide bonds. The molecule has 1 rings (SSSR count). The molecule has 1 aliphatic rings. The van der Waals surface area contributed by atoms with Gasteiger partial charge in [-0.05, 0) is 19.8 Å². The van der Waals surface area contributed by atoms with E-state index in [0.717, 1.165) is 12.6 Å². The molecule has 56 valence electrons. The first-order valence-electron chi connectivity index (χ1n) is 4.06. The van der Waals surface area contributed by atoms with E-state index in [1.54, 1.807) is 0 Å². The molecule has 0 spiro atoms. The Morgan fingerprint density at radius 2 is 2.10 bits per heavy atom. The van der Waals surface area contributed by atoms with Crippen LogP contribution in [0.5, 0.6) is 0 Å². The maximum absolute atomic E-state index is 3.41. The molecule has 0 bridgehead atoms. The van der Waals surface area contributed by atoms with Crippen LogP contribution in [0.3, 0.4) is 0 Å². The Bertz CT molecular complexity index is 135. The van der Waals surface area contributed by atoms with Crippen LogP contribution in [0.25, 0.3) is 0 Å². The van der Waals surface area contributed by atoms with Crippen molar-refractivity contribution in [3.05, 3.63) is 0 Å². The molecule has 0 aromatic carbocycles. The standard InChI is InChI=1S/C9H15N/c1-2-3-8-10-9-6-4-5-7-9/h9-10H,4-8H2,1H3. The number of hydrogen-bond donors (Lipinski definition) is 1. The van der Waals surface area contributed by atoms with Gasteiger partial charge in [0.2, 0.25) is 0 Å². The van der Waals surface area contributed by atoms with E-state index in [-0.39, 0.29) is 0 Å². The SMILES string of the molecule is CC#CCNC1CCCC1. The second-order valence-corrected chi connectivity index (χ2v) is 2.79. The van der Waals surface area contributed by atoms with Crippen molar-refractivity contribution in [1.29, 1.82) is 0 Å². The van der Waals surface area contributed by atoms with E-state index < -0.39 is 0 Å². The lowest BCUT2D eigenvalue weighted by atomic mass is 10.2. The molecule has 1 aliphatic carbocycles. The minimum Gasteiger partial charge on any atom is -0.303 e. The number of nitrogens with one attached hydrogen (secondary N) is 1. The third-order valence-electron chi connectivity index (χ3n) is 2.01. The molecule has 0 heterocycles. The molecular formula is C9H15N. The Morgan fingerprint density at radius 1 is 1.40 bits per heavy atom. The lowest BCUT2D eigenvalue weighted by Crippen LogP contribution is -2.25. The summed E-state index contributed by atoms with van der Waals surface area (Å²) in [6, 6.07) is 0.765. The van der Waals surface area contributed by atoms with Crippen LogP contribution in [-0.2, 0) is 0 Å². The van der Waals surface area contributed by atoms with Crippen LogP contribution in [0.4, 0.5) is 0 Å². The Kier molecular flexibility index (Phi) is 3.32. The largest absolute Gasteiger partial charge is 0.303 e. The van der Waals surface area contributed by atoms with E-state index in [4.69, 9.17) is 0 Å². The lowest BCUT2D eigenvalue weighted by Gasteiger charge is -2.06. The quantitative estimate of drug-likeness (QED) is 0.569. The van der Waals surface area contributed by atoms with E-state index >= 15 is 0 Å². The molecule has 0 radical (unpaired) electrons. The van der Waals surface area contributed by atoms with Crippen LogP contribution < -0.4 is 5.32 Å². The smallest absolute Gasteiger partial charge is 0.0578 e. The van der Waals surface area contributed by atoms with Crippen LogP contribution in [0.1, 0.15) is 32.6 Å². The van der Waals surface area contributed by atoms with Crippen molar-refractivity contribution < 1.29 is 0 Å². The van der Waals surface area contributed by atoms with Crippen LogP contribution in [0.15, 0.2) is 0 Å². The van der Waals surface area contributed by atoms with E-state index in [0.29, 0.717) is 0 Å². The predicted molar refractivity (Wildman–Crippen MR) is 43.7 cm³/mol. The van der Waals surface area contributed by atoms with Gasteiger partial charge in [0.05, 0.1) is 6.54 Å². The van der Waals surface area contributed by atoms with Gasteiger partial charge >= 0.3 is 0 Å². The Balaban J connectivity index is 2.05. The zero-order valence-corrected chi connectivity index (χ0v) is 6.61. The Labute approximate surface area is 63.2 Å². The van der Waals surface area contributed by atoms with Crippen LogP contribution >= 0.6 is 0 Å². The average molecular weight is 137 g/mol. The third kappa shape index (κ3) is 2.41. The van der Waals surface area contributed by atoms with Gasteiger partial charge in [0.25, 0.3) is 0 Å². The zero-order valence-electron chi connectivity index (χ0n) is 6.61. The summed E-state index contributed by atoms with van der Waals surface area (Å²) in [4.78, 5) is 0. The minimum absolute atomic E-state index is 0.765. The fraction of sp³-hybridized carbons (Fsp3) is 0.778. The molecule has 1 nitrogen and oxygen atoms in total. The highest BCUT2D eigenvalue weighted by molar-refractivity contribution is 4.97. The molecule has 1 fully saturated rings. The molecule has 0 unspecified atom stereocenters. The van der Waals surface area contributed by atoms with E-state index in [1.165, 1.54) is 25.7 Å². The Hall–Kier alpha value is -0.480. The topological polar surface area (TPSA) is 12.0 Å². The van der Waals surface area contributed by atoms with Crippen molar-refractivity contribution in [1.82, 2.24) is 5.32 Å². The van der Waals surface area contributed by atoms with E-state index in [9.17, 15) is 0 Å². The molecule has 0 aromatic rings. The second kappa shape index (κ2) is 4.35. The molecule has 0 aromatic heterocycles.